The van der Waals surface area contributed by atoms with Crippen LogP contribution in [0.3, 0.4) is 0 Å². The van der Waals surface area contributed by atoms with E-state index in [2.05, 4.69) is 10.6 Å². The number of amides is 2. The van der Waals surface area contributed by atoms with Gasteiger partial charge < -0.3 is 15.5 Å². The lowest BCUT2D eigenvalue weighted by Gasteiger charge is -2.35. The van der Waals surface area contributed by atoms with Crippen molar-refractivity contribution in [3.8, 4) is 0 Å². The first kappa shape index (κ1) is 18.8. The highest BCUT2D eigenvalue weighted by atomic mass is 32.2. The van der Waals surface area contributed by atoms with E-state index in [4.69, 9.17) is 0 Å². The van der Waals surface area contributed by atoms with Crippen LogP contribution in [0.4, 0.5) is 0 Å². The van der Waals surface area contributed by atoms with Crippen LogP contribution in [0.5, 0.6) is 0 Å². The molecule has 0 aliphatic carbocycles. The highest BCUT2D eigenvalue weighted by Gasteiger charge is 2.50. The molecule has 26 heavy (non-hydrogen) atoms. The summed E-state index contributed by atoms with van der Waals surface area (Å²) in [5.74, 6) is -0.693. The van der Waals surface area contributed by atoms with Crippen LogP contribution in [-0.4, -0.2) is 61.8 Å². The number of hydrogen-bond donors (Lipinski definition) is 2. The number of hydrogen-bond acceptors (Lipinski definition) is 5. The zero-order valence-electron chi connectivity index (χ0n) is 14.9. The van der Waals surface area contributed by atoms with Crippen molar-refractivity contribution in [2.75, 3.05) is 25.9 Å². The Labute approximate surface area is 154 Å². The van der Waals surface area contributed by atoms with E-state index >= 15 is 0 Å². The normalized spacial score (nSPS) is 23.0. The van der Waals surface area contributed by atoms with Gasteiger partial charge in [-0.2, -0.15) is 0 Å². The summed E-state index contributed by atoms with van der Waals surface area (Å²) in [6.45, 7) is 1.98. The van der Waals surface area contributed by atoms with Gasteiger partial charge in [0, 0.05) is 19.3 Å². The Morgan fingerprint density at radius 2 is 1.92 bits per heavy atom. The van der Waals surface area contributed by atoms with Crippen molar-refractivity contribution >= 4 is 21.7 Å². The van der Waals surface area contributed by atoms with Crippen LogP contribution in [0.25, 0.3) is 0 Å². The second-order valence-corrected chi connectivity index (χ2v) is 9.40. The third-order valence-electron chi connectivity index (χ3n) is 5.35. The van der Waals surface area contributed by atoms with Gasteiger partial charge in [-0.05, 0) is 37.9 Å². The Balaban J connectivity index is 1.68. The molecule has 0 aromatic heterocycles. The van der Waals surface area contributed by atoms with Gasteiger partial charge in [0.25, 0.3) is 0 Å². The summed E-state index contributed by atoms with van der Waals surface area (Å²) in [5.41, 5.74) is 1.03. The average Bonchev–Trinajstić information content (AvgIpc) is 2.95. The van der Waals surface area contributed by atoms with Crippen molar-refractivity contribution in [2.24, 2.45) is 0 Å². The average molecular weight is 379 g/mol. The summed E-state index contributed by atoms with van der Waals surface area (Å²) in [6.07, 6.45) is 2.06. The van der Waals surface area contributed by atoms with E-state index in [0.717, 1.165) is 11.8 Å². The number of carbonyl (C=O) groups is 2. The zero-order chi connectivity index (χ0) is 18.8. The molecular formula is C18H25N3O4S. The molecule has 7 nitrogen and oxygen atoms in total. The van der Waals surface area contributed by atoms with Gasteiger partial charge in [0.05, 0.1) is 0 Å². The molecule has 2 saturated heterocycles. The van der Waals surface area contributed by atoms with Gasteiger partial charge in [-0.25, -0.2) is 8.42 Å². The molecule has 1 atom stereocenters. The molecule has 0 bridgehead atoms. The van der Waals surface area contributed by atoms with Crippen LogP contribution in [0.1, 0.15) is 24.8 Å². The first-order chi connectivity index (χ1) is 12.3. The van der Waals surface area contributed by atoms with E-state index in [-0.39, 0.29) is 18.7 Å². The summed E-state index contributed by atoms with van der Waals surface area (Å²) >= 11 is 0. The lowest BCUT2D eigenvalue weighted by Crippen LogP contribution is -2.59. The molecule has 142 valence electrons. The van der Waals surface area contributed by atoms with Crippen LogP contribution < -0.4 is 10.6 Å². The quantitative estimate of drug-likeness (QED) is 0.755. The molecular weight excluding hydrogens is 354 g/mol. The van der Waals surface area contributed by atoms with Gasteiger partial charge in [-0.15, -0.1) is 0 Å². The molecule has 1 aromatic carbocycles. The lowest BCUT2D eigenvalue weighted by atomic mass is 9.95. The number of piperidine rings is 1. The van der Waals surface area contributed by atoms with Crippen molar-refractivity contribution in [1.82, 2.24) is 15.5 Å². The molecule has 0 saturated carbocycles. The van der Waals surface area contributed by atoms with Crippen LogP contribution in [0, 0.1) is 0 Å². The predicted molar refractivity (Wildman–Crippen MR) is 98.1 cm³/mol. The number of carbonyl (C=O) groups excluding carboxylic acids is 2. The minimum Gasteiger partial charge on any atom is -0.343 e. The van der Waals surface area contributed by atoms with E-state index in [1.165, 1.54) is 0 Å². The maximum absolute atomic E-state index is 12.8. The Hall–Kier alpha value is -1.93. The van der Waals surface area contributed by atoms with Crippen molar-refractivity contribution in [3.63, 3.8) is 0 Å². The molecule has 0 radical (unpaired) electrons. The SMILES string of the molecule is CS(=O)(=O)C1(C(=O)NC2CCN(Cc3ccccc3)C2=O)CCNCC1. The number of nitrogens with zero attached hydrogens (tertiary/aromatic N) is 1. The number of sulfone groups is 1. The second-order valence-electron chi connectivity index (χ2n) is 7.08. The van der Waals surface area contributed by atoms with Gasteiger partial charge in [0.2, 0.25) is 11.8 Å². The predicted octanol–water partition coefficient (Wildman–Crippen LogP) is 0.0705. The molecule has 2 N–H and O–H groups in total. The second kappa shape index (κ2) is 7.36. The summed E-state index contributed by atoms with van der Waals surface area (Å²) in [4.78, 5) is 27.2. The highest BCUT2D eigenvalue weighted by molar-refractivity contribution is 7.92. The van der Waals surface area contributed by atoms with Crippen LogP contribution >= 0.6 is 0 Å². The summed E-state index contributed by atoms with van der Waals surface area (Å²) in [6, 6.07) is 9.01. The van der Waals surface area contributed by atoms with Crippen molar-refractivity contribution in [1.29, 1.82) is 0 Å². The fourth-order valence-electron chi connectivity index (χ4n) is 3.72. The fraction of sp³-hybridized carbons (Fsp3) is 0.556. The van der Waals surface area contributed by atoms with Crippen LogP contribution in [-0.2, 0) is 26.0 Å². The summed E-state index contributed by atoms with van der Waals surface area (Å²) < 4.78 is 23.2. The molecule has 2 heterocycles. The topological polar surface area (TPSA) is 95.6 Å². The first-order valence-corrected chi connectivity index (χ1v) is 10.8. The Kier molecular flexibility index (Phi) is 5.34. The molecule has 0 spiro atoms. The van der Waals surface area contributed by atoms with E-state index in [1.807, 2.05) is 30.3 Å². The largest absolute Gasteiger partial charge is 0.343 e. The van der Waals surface area contributed by atoms with E-state index in [0.29, 0.717) is 32.6 Å². The Morgan fingerprint density at radius 1 is 1.27 bits per heavy atom. The standard InChI is InChI=1S/C18H25N3O4S/c1-26(24,25)18(8-10-19-11-9-18)17(23)20-15-7-12-21(16(15)22)13-14-5-3-2-4-6-14/h2-6,15,19H,7-13H2,1H3,(H,20,23). The lowest BCUT2D eigenvalue weighted by molar-refractivity contribution is -0.134. The van der Waals surface area contributed by atoms with Gasteiger partial charge >= 0.3 is 0 Å². The van der Waals surface area contributed by atoms with Gasteiger partial charge in [0.1, 0.15) is 6.04 Å². The number of likely N-dealkylation sites (tertiary alicyclic amines) is 1. The number of nitrogens with one attached hydrogen (secondary N) is 2. The van der Waals surface area contributed by atoms with Crippen LogP contribution in [0.15, 0.2) is 30.3 Å². The smallest absolute Gasteiger partial charge is 0.245 e. The fourth-order valence-corrected chi connectivity index (χ4v) is 5.06. The van der Waals surface area contributed by atoms with Gasteiger partial charge in [0.15, 0.2) is 14.6 Å². The summed E-state index contributed by atoms with van der Waals surface area (Å²) in [7, 11) is -3.58. The molecule has 2 amide bonds. The van der Waals surface area contributed by atoms with Crippen molar-refractivity contribution in [3.05, 3.63) is 35.9 Å². The molecule has 2 aliphatic heterocycles. The first-order valence-electron chi connectivity index (χ1n) is 8.87. The Morgan fingerprint density at radius 3 is 2.54 bits per heavy atom. The maximum Gasteiger partial charge on any atom is 0.245 e. The number of benzene rings is 1. The molecule has 8 heteroatoms. The van der Waals surface area contributed by atoms with E-state index < -0.39 is 26.5 Å². The minimum atomic E-state index is -3.58. The van der Waals surface area contributed by atoms with E-state index in [1.54, 1.807) is 4.90 Å². The molecule has 3 rings (SSSR count). The molecule has 1 unspecified atom stereocenters. The minimum absolute atomic E-state index is 0.153. The van der Waals surface area contributed by atoms with E-state index in [9.17, 15) is 18.0 Å². The van der Waals surface area contributed by atoms with Crippen molar-refractivity contribution in [2.45, 2.75) is 36.6 Å². The molecule has 2 aliphatic rings. The maximum atomic E-state index is 12.8. The van der Waals surface area contributed by atoms with Gasteiger partial charge in [-0.1, -0.05) is 30.3 Å². The Bertz CT molecular complexity index is 773. The number of rotatable bonds is 5. The zero-order valence-corrected chi connectivity index (χ0v) is 15.7. The highest BCUT2D eigenvalue weighted by Crippen LogP contribution is 2.29. The monoisotopic (exact) mass is 379 g/mol. The van der Waals surface area contributed by atoms with Gasteiger partial charge in [-0.3, -0.25) is 9.59 Å². The molecule has 2 fully saturated rings. The molecule has 1 aromatic rings. The van der Waals surface area contributed by atoms with Crippen molar-refractivity contribution < 1.29 is 18.0 Å². The third kappa shape index (κ3) is 3.61. The van der Waals surface area contributed by atoms with Crippen LogP contribution in [0.2, 0.25) is 0 Å². The third-order valence-corrected chi connectivity index (χ3v) is 7.37. The summed E-state index contributed by atoms with van der Waals surface area (Å²) in [5, 5.41) is 5.81.